The van der Waals surface area contributed by atoms with Crippen LogP contribution >= 0.6 is 0 Å². The van der Waals surface area contributed by atoms with Gasteiger partial charge in [0.2, 0.25) is 0 Å². The molecule has 6 N–H and O–H groups in total. The summed E-state index contributed by atoms with van der Waals surface area (Å²) in [5.41, 5.74) is 9.87. The maximum atomic E-state index is 8.07. The highest BCUT2D eigenvalue weighted by molar-refractivity contribution is 5.95. The summed E-state index contributed by atoms with van der Waals surface area (Å²) in [5, 5.41) is 14.8. The van der Waals surface area contributed by atoms with E-state index < -0.39 is 48.2 Å². The smallest absolute Gasteiger partial charge is 0.153 e. The van der Waals surface area contributed by atoms with Crippen molar-refractivity contribution in [2.75, 3.05) is 0 Å². The van der Waals surface area contributed by atoms with Crippen LogP contribution in [0.5, 0.6) is 0 Å². The fraction of sp³-hybridized carbons (Fsp3) is 0. The van der Waals surface area contributed by atoms with Gasteiger partial charge in [0.1, 0.15) is 23.1 Å². The number of hydrogen-bond donors (Lipinski definition) is 4. The van der Waals surface area contributed by atoms with Gasteiger partial charge in [0.05, 0.1) is 8.22 Å². The molecule has 0 aromatic carbocycles. The lowest BCUT2D eigenvalue weighted by molar-refractivity contribution is 0.592. The van der Waals surface area contributed by atoms with Gasteiger partial charge in [0, 0.05) is 23.5 Å². The molecular formula is C16H14N6O. The Labute approximate surface area is 140 Å². The van der Waals surface area contributed by atoms with E-state index in [0.29, 0.717) is 0 Å². The molecule has 0 bridgehead atoms. The van der Waals surface area contributed by atoms with Gasteiger partial charge in [0.15, 0.2) is 11.5 Å². The van der Waals surface area contributed by atoms with Crippen molar-refractivity contribution in [2.24, 2.45) is 11.5 Å². The van der Waals surface area contributed by atoms with Crippen LogP contribution in [0.15, 0.2) is 53.1 Å². The van der Waals surface area contributed by atoms with E-state index in [1.165, 1.54) is 12.1 Å². The molecule has 0 saturated heterocycles. The Hall–Kier alpha value is -3.48. The van der Waals surface area contributed by atoms with Crippen LogP contribution in [0.4, 0.5) is 0 Å². The second-order valence-corrected chi connectivity index (χ2v) is 4.39. The van der Waals surface area contributed by atoms with E-state index in [-0.39, 0.29) is 34.0 Å². The van der Waals surface area contributed by atoms with Crippen molar-refractivity contribution in [1.29, 1.82) is 10.8 Å². The average Bonchev–Trinajstić information content (AvgIpc) is 3.10. The monoisotopic (exact) mass is 312 g/mol. The van der Waals surface area contributed by atoms with Crippen LogP contribution in [0.3, 0.4) is 0 Å². The summed E-state index contributed by atoms with van der Waals surface area (Å²) in [6.07, 6.45) is -0.920. The van der Waals surface area contributed by atoms with Crippen LogP contribution < -0.4 is 11.5 Å². The van der Waals surface area contributed by atoms with E-state index in [4.69, 9.17) is 34.9 Å². The number of nitrogen functional groups attached to an aromatic ring is 2. The first-order chi connectivity index (χ1) is 13.5. The van der Waals surface area contributed by atoms with E-state index >= 15 is 0 Å². The number of nitrogens with two attached hydrogens (primary N) is 2. The Morgan fingerprint density at radius 2 is 1.30 bits per heavy atom. The van der Waals surface area contributed by atoms with E-state index in [0.717, 1.165) is 0 Å². The van der Waals surface area contributed by atoms with Crippen LogP contribution in [0.25, 0.3) is 22.9 Å². The fourth-order valence-electron chi connectivity index (χ4n) is 1.66. The zero-order valence-electron chi connectivity index (χ0n) is 17.6. The highest BCUT2D eigenvalue weighted by atomic mass is 16.3. The van der Waals surface area contributed by atoms with Gasteiger partial charge in [-0.2, -0.15) is 0 Å². The molecule has 0 saturated carbocycles. The molecule has 23 heavy (non-hydrogen) atoms. The van der Waals surface area contributed by atoms with Crippen LogP contribution in [-0.2, 0) is 0 Å². The fourth-order valence-corrected chi connectivity index (χ4v) is 1.66. The quantitative estimate of drug-likeness (QED) is 0.431. The van der Waals surface area contributed by atoms with E-state index in [1.807, 2.05) is 0 Å². The summed E-state index contributed by atoms with van der Waals surface area (Å²) in [6.45, 7) is 0. The second-order valence-electron chi connectivity index (χ2n) is 4.39. The minimum atomic E-state index is -0.549. The number of amidine groups is 2. The van der Waals surface area contributed by atoms with Crippen LogP contribution in [0.1, 0.15) is 19.4 Å². The van der Waals surface area contributed by atoms with E-state index in [9.17, 15) is 0 Å². The molecule has 0 amide bonds. The van der Waals surface area contributed by atoms with Gasteiger partial charge in [-0.1, -0.05) is 0 Å². The van der Waals surface area contributed by atoms with Gasteiger partial charge >= 0.3 is 0 Å². The topological polar surface area (TPSA) is 139 Å². The largest absolute Gasteiger partial charge is 0.453 e. The first-order valence-corrected chi connectivity index (χ1v) is 6.29. The van der Waals surface area contributed by atoms with Gasteiger partial charge in [-0.25, -0.2) is 0 Å². The highest BCUT2D eigenvalue weighted by Gasteiger charge is 2.10. The summed E-state index contributed by atoms with van der Waals surface area (Å²) in [5.74, 6) is -1.10. The molecule has 0 radical (unpaired) electrons. The zero-order valence-corrected chi connectivity index (χ0v) is 11.6. The maximum absolute atomic E-state index is 8.07. The van der Waals surface area contributed by atoms with Crippen molar-refractivity contribution in [1.82, 2.24) is 9.97 Å². The second kappa shape index (κ2) is 5.72. The number of rotatable bonds is 4. The molecule has 0 aliphatic rings. The van der Waals surface area contributed by atoms with Gasteiger partial charge in [-0.05, 0) is 36.3 Å². The lowest BCUT2D eigenvalue weighted by Crippen LogP contribution is -2.11. The Balaban J connectivity index is 2.15. The minimum absolute atomic E-state index is 0.00277. The normalized spacial score (nSPS) is 14.1. The predicted octanol–water partition coefficient (Wildman–Crippen LogP) is 1.97. The molecule has 7 heteroatoms. The molecule has 0 atom stereocenters. The molecular weight excluding hydrogens is 292 g/mol. The Morgan fingerprint density at radius 3 is 1.70 bits per heavy atom. The molecule has 3 rings (SSSR count). The zero-order chi connectivity index (χ0) is 21.6. The first-order valence-electron chi connectivity index (χ1n) is 9.29. The number of nitrogens with zero attached hydrogens (tertiary/aromatic N) is 2. The third kappa shape index (κ3) is 2.93. The summed E-state index contributed by atoms with van der Waals surface area (Å²) < 4.78 is 53.3. The number of aromatic nitrogens is 2. The number of hydrogen-bond acceptors (Lipinski definition) is 5. The van der Waals surface area contributed by atoms with Crippen LogP contribution in [0.2, 0.25) is 0 Å². The maximum Gasteiger partial charge on any atom is 0.153 e. The van der Waals surface area contributed by atoms with Crippen molar-refractivity contribution < 1.29 is 12.6 Å². The summed E-state index contributed by atoms with van der Waals surface area (Å²) in [6, 6.07) is 1.07. The van der Waals surface area contributed by atoms with Gasteiger partial charge in [-0.3, -0.25) is 20.8 Å². The summed E-state index contributed by atoms with van der Waals surface area (Å²) in [4.78, 5) is 7.77. The molecule has 0 aliphatic heterocycles. The molecule has 0 spiro atoms. The van der Waals surface area contributed by atoms with Crippen LogP contribution in [0, 0.1) is 10.8 Å². The summed E-state index contributed by atoms with van der Waals surface area (Å²) in [7, 11) is 0. The molecule has 7 nitrogen and oxygen atoms in total. The van der Waals surface area contributed by atoms with Gasteiger partial charge in [0.25, 0.3) is 0 Å². The molecule has 3 heterocycles. The lowest BCUT2D eigenvalue weighted by atomic mass is 10.2. The lowest BCUT2D eigenvalue weighted by Gasteiger charge is -2.01. The van der Waals surface area contributed by atoms with Crippen molar-refractivity contribution in [3.63, 3.8) is 0 Å². The van der Waals surface area contributed by atoms with Gasteiger partial charge in [-0.15, -0.1) is 0 Å². The van der Waals surface area contributed by atoms with Crippen molar-refractivity contribution in [3.05, 3.63) is 59.8 Å². The molecule has 0 unspecified atom stereocenters. The van der Waals surface area contributed by atoms with Gasteiger partial charge < -0.3 is 15.9 Å². The Bertz CT molecular complexity index is 1100. The standard InChI is InChI=1S/C16H14N6O/c17-15(18)9-1-3-11(21-7-9)13-5-6-14(23-13)12-4-2-10(8-22-12)16(19)20/h1-8H,(H3,17,18)(H3,19,20)/i1D,2D,3D,4D,7D,8D. The van der Waals surface area contributed by atoms with E-state index in [2.05, 4.69) is 9.97 Å². The third-order valence-corrected chi connectivity index (χ3v) is 2.78. The van der Waals surface area contributed by atoms with Crippen molar-refractivity contribution >= 4 is 11.7 Å². The van der Waals surface area contributed by atoms with Crippen molar-refractivity contribution in [3.8, 4) is 22.9 Å². The molecule has 3 aromatic heterocycles. The molecule has 0 aliphatic carbocycles. The number of furan rings is 1. The molecule has 3 aromatic rings. The molecule has 114 valence electrons. The van der Waals surface area contributed by atoms with Crippen molar-refractivity contribution in [2.45, 2.75) is 0 Å². The Kier molecular flexibility index (Phi) is 2.20. The number of pyridine rings is 2. The SMILES string of the molecule is [2H]c1nc(-c2ccc(-c3nc([2H])c(C(=N)N)c([2H])c3[2H])o2)c([2H])c([2H])c1C(=N)N. The third-order valence-electron chi connectivity index (χ3n) is 2.78. The van der Waals surface area contributed by atoms with E-state index in [1.54, 1.807) is 0 Å². The van der Waals surface area contributed by atoms with Crippen LogP contribution in [-0.4, -0.2) is 21.6 Å². The highest BCUT2D eigenvalue weighted by Crippen LogP contribution is 2.26. The Morgan fingerprint density at radius 1 is 0.870 bits per heavy atom. The average molecular weight is 312 g/mol. The minimum Gasteiger partial charge on any atom is -0.453 e. The number of nitrogens with one attached hydrogen (secondary N) is 2. The summed E-state index contributed by atoms with van der Waals surface area (Å²) >= 11 is 0. The predicted molar refractivity (Wildman–Crippen MR) is 87.2 cm³/mol. The first kappa shape index (κ1) is 8.84. The molecule has 0 fully saturated rings.